The molecule has 0 saturated heterocycles. The molecule has 0 bridgehead atoms. The summed E-state index contributed by atoms with van der Waals surface area (Å²) in [6.07, 6.45) is 1.20. The Morgan fingerprint density at radius 3 is 2.82 bits per heavy atom. The highest BCUT2D eigenvalue weighted by Gasteiger charge is 2.06. The lowest BCUT2D eigenvalue weighted by Gasteiger charge is -1.97. The van der Waals surface area contributed by atoms with E-state index in [-0.39, 0.29) is 5.91 Å². The number of benzene rings is 1. The van der Waals surface area contributed by atoms with Gasteiger partial charge in [0.25, 0.3) is 0 Å². The first-order chi connectivity index (χ1) is 8.28. The van der Waals surface area contributed by atoms with E-state index in [1.54, 1.807) is 18.4 Å². The van der Waals surface area contributed by atoms with E-state index in [0.717, 1.165) is 17.1 Å². The minimum absolute atomic E-state index is 0.00520. The topological polar surface area (TPSA) is 42.0 Å². The second-order valence-electron chi connectivity index (χ2n) is 3.74. The van der Waals surface area contributed by atoms with E-state index in [2.05, 4.69) is 22.4 Å². The molecule has 0 spiro atoms. The molecule has 1 aromatic heterocycles. The molecule has 2 aromatic rings. The van der Waals surface area contributed by atoms with Crippen LogP contribution in [0.15, 0.2) is 35.7 Å². The number of rotatable bonds is 4. The van der Waals surface area contributed by atoms with Crippen LogP contribution in [-0.2, 0) is 17.6 Å². The maximum atomic E-state index is 11.2. The SMILES string of the molecule is CNC(=O)Cc1nc(Cc2ccccc2)cs1. The van der Waals surface area contributed by atoms with Crippen LogP contribution in [-0.4, -0.2) is 17.9 Å². The van der Waals surface area contributed by atoms with Crippen molar-refractivity contribution >= 4 is 17.2 Å². The highest BCUT2D eigenvalue weighted by molar-refractivity contribution is 7.09. The van der Waals surface area contributed by atoms with Crippen molar-refractivity contribution in [3.05, 3.63) is 52.0 Å². The summed E-state index contributed by atoms with van der Waals surface area (Å²) in [5.41, 5.74) is 2.27. The number of hydrogen-bond acceptors (Lipinski definition) is 3. The standard InChI is InChI=1S/C13H14N2OS/c1-14-12(16)8-13-15-11(9-17-13)7-10-5-3-2-4-6-10/h2-6,9H,7-8H2,1H3,(H,14,16). The Morgan fingerprint density at radius 2 is 2.12 bits per heavy atom. The molecule has 1 N–H and O–H groups in total. The van der Waals surface area contributed by atoms with Gasteiger partial charge in [0.05, 0.1) is 12.1 Å². The third kappa shape index (κ3) is 3.39. The summed E-state index contributed by atoms with van der Waals surface area (Å²) in [7, 11) is 1.64. The van der Waals surface area contributed by atoms with Crippen LogP contribution in [0.1, 0.15) is 16.3 Å². The maximum Gasteiger partial charge on any atom is 0.226 e. The van der Waals surface area contributed by atoms with E-state index in [4.69, 9.17) is 0 Å². The van der Waals surface area contributed by atoms with Crippen molar-refractivity contribution < 1.29 is 4.79 Å². The largest absolute Gasteiger partial charge is 0.359 e. The quantitative estimate of drug-likeness (QED) is 0.896. The highest BCUT2D eigenvalue weighted by atomic mass is 32.1. The van der Waals surface area contributed by atoms with Crippen molar-refractivity contribution in [3.8, 4) is 0 Å². The Hall–Kier alpha value is -1.68. The minimum atomic E-state index is 0.00520. The van der Waals surface area contributed by atoms with E-state index in [1.165, 1.54) is 5.56 Å². The molecule has 0 atom stereocenters. The molecule has 0 aliphatic carbocycles. The third-order valence-electron chi connectivity index (χ3n) is 2.42. The Balaban J connectivity index is 2.01. The molecule has 0 radical (unpaired) electrons. The number of amides is 1. The number of likely N-dealkylation sites (N-methyl/N-ethyl adjacent to an activating group) is 1. The molecule has 4 heteroatoms. The molecule has 1 aromatic carbocycles. The molecule has 0 unspecified atom stereocenters. The number of thiazole rings is 1. The van der Waals surface area contributed by atoms with Crippen LogP contribution in [0.4, 0.5) is 0 Å². The van der Waals surface area contributed by atoms with Gasteiger partial charge in [0.1, 0.15) is 5.01 Å². The molecule has 3 nitrogen and oxygen atoms in total. The molecular formula is C13H14N2OS. The first kappa shape index (κ1) is 11.8. The van der Waals surface area contributed by atoms with Gasteiger partial charge in [-0.15, -0.1) is 11.3 Å². The van der Waals surface area contributed by atoms with E-state index in [9.17, 15) is 4.79 Å². The minimum Gasteiger partial charge on any atom is -0.359 e. The van der Waals surface area contributed by atoms with Crippen molar-refractivity contribution in [2.75, 3.05) is 7.05 Å². The van der Waals surface area contributed by atoms with Gasteiger partial charge in [-0.05, 0) is 5.56 Å². The van der Waals surface area contributed by atoms with Gasteiger partial charge in [-0.1, -0.05) is 30.3 Å². The highest BCUT2D eigenvalue weighted by Crippen LogP contribution is 2.14. The van der Waals surface area contributed by atoms with Crippen LogP contribution in [0, 0.1) is 0 Å². The van der Waals surface area contributed by atoms with Crippen LogP contribution in [0.3, 0.4) is 0 Å². The van der Waals surface area contributed by atoms with Gasteiger partial charge in [-0.3, -0.25) is 4.79 Å². The normalized spacial score (nSPS) is 10.2. The van der Waals surface area contributed by atoms with Gasteiger partial charge in [-0.25, -0.2) is 4.98 Å². The van der Waals surface area contributed by atoms with Crippen LogP contribution >= 0.6 is 11.3 Å². The van der Waals surface area contributed by atoms with E-state index in [1.807, 2.05) is 23.6 Å². The van der Waals surface area contributed by atoms with Gasteiger partial charge >= 0.3 is 0 Å². The Labute approximate surface area is 105 Å². The zero-order valence-electron chi connectivity index (χ0n) is 9.64. The Bertz CT molecular complexity index is 493. The first-order valence-corrected chi connectivity index (χ1v) is 6.33. The predicted molar refractivity (Wildman–Crippen MR) is 69.1 cm³/mol. The summed E-state index contributed by atoms with van der Waals surface area (Å²) >= 11 is 1.54. The second-order valence-corrected chi connectivity index (χ2v) is 4.69. The molecule has 0 aliphatic heterocycles. The average molecular weight is 246 g/mol. The molecule has 1 amide bonds. The summed E-state index contributed by atoms with van der Waals surface area (Å²) < 4.78 is 0. The van der Waals surface area contributed by atoms with Gasteiger partial charge in [0.15, 0.2) is 0 Å². The number of carbonyl (C=O) groups excluding carboxylic acids is 1. The lowest BCUT2D eigenvalue weighted by Crippen LogP contribution is -2.19. The molecule has 88 valence electrons. The third-order valence-corrected chi connectivity index (χ3v) is 3.32. The monoisotopic (exact) mass is 246 g/mol. The summed E-state index contributed by atoms with van der Waals surface area (Å²) in [5, 5.41) is 5.49. The molecule has 1 heterocycles. The molecular weight excluding hydrogens is 232 g/mol. The molecule has 17 heavy (non-hydrogen) atoms. The fourth-order valence-corrected chi connectivity index (χ4v) is 2.33. The lowest BCUT2D eigenvalue weighted by molar-refractivity contribution is -0.119. The molecule has 0 saturated carbocycles. The fraction of sp³-hybridized carbons (Fsp3) is 0.231. The Morgan fingerprint density at radius 1 is 1.35 bits per heavy atom. The van der Waals surface area contributed by atoms with Gasteiger partial charge in [0, 0.05) is 18.8 Å². The zero-order chi connectivity index (χ0) is 12.1. The predicted octanol–water partition coefficient (Wildman–Crippen LogP) is 2.02. The van der Waals surface area contributed by atoms with Crippen molar-refractivity contribution in [1.82, 2.24) is 10.3 Å². The maximum absolute atomic E-state index is 11.2. The van der Waals surface area contributed by atoms with Crippen molar-refractivity contribution in [1.29, 1.82) is 0 Å². The van der Waals surface area contributed by atoms with E-state index < -0.39 is 0 Å². The van der Waals surface area contributed by atoms with Crippen molar-refractivity contribution in [2.45, 2.75) is 12.8 Å². The van der Waals surface area contributed by atoms with Crippen LogP contribution in [0.5, 0.6) is 0 Å². The van der Waals surface area contributed by atoms with Crippen LogP contribution in [0.2, 0.25) is 0 Å². The van der Waals surface area contributed by atoms with Gasteiger partial charge in [-0.2, -0.15) is 0 Å². The summed E-state index contributed by atoms with van der Waals surface area (Å²) in [6.45, 7) is 0. The van der Waals surface area contributed by atoms with Gasteiger partial charge < -0.3 is 5.32 Å². The van der Waals surface area contributed by atoms with Crippen molar-refractivity contribution in [2.24, 2.45) is 0 Å². The van der Waals surface area contributed by atoms with Crippen LogP contribution in [0.25, 0.3) is 0 Å². The van der Waals surface area contributed by atoms with Gasteiger partial charge in [0.2, 0.25) is 5.91 Å². The smallest absolute Gasteiger partial charge is 0.226 e. The molecule has 2 rings (SSSR count). The van der Waals surface area contributed by atoms with Crippen molar-refractivity contribution in [3.63, 3.8) is 0 Å². The first-order valence-electron chi connectivity index (χ1n) is 5.45. The summed E-state index contributed by atoms with van der Waals surface area (Å²) in [5.74, 6) is 0.00520. The number of nitrogens with one attached hydrogen (secondary N) is 1. The number of carbonyl (C=O) groups is 1. The fourth-order valence-electron chi connectivity index (χ4n) is 1.54. The molecule has 0 aliphatic rings. The number of hydrogen-bond donors (Lipinski definition) is 1. The lowest BCUT2D eigenvalue weighted by atomic mass is 10.1. The number of aromatic nitrogens is 1. The molecule has 0 fully saturated rings. The second kappa shape index (κ2) is 5.59. The number of nitrogens with zero attached hydrogens (tertiary/aromatic N) is 1. The average Bonchev–Trinajstić information content (AvgIpc) is 2.77. The summed E-state index contributed by atoms with van der Waals surface area (Å²) in [4.78, 5) is 15.7. The van der Waals surface area contributed by atoms with Crippen LogP contribution < -0.4 is 5.32 Å². The Kier molecular flexibility index (Phi) is 3.88. The summed E-state index contributed by atoms with van der Waals surface area (Å²) in [6, 6.07) is 10.2. The van der Waals surface area contributed by atoms with E-state index in [0.29, 0.717) is 6.42 Å². The zero-order valence-corrected chi connectivity index (χ0v) is 10.5. The van der Waals surface area contributed by atoms with E-state index >= 15 is 0 Å².